The maximum absolute atomic E-state index is 13.4. The Morgan fingerprint density at radius 2 is 1.59 bits per heavy atom. The Kier molecular flexibility index (Phi) is 7.33. The number of aromatic nitrogens is 1. The fourth-order valence-corrected chi connectivity index (χ4v) is 4.96. The molecule has 0 aliphatic rings. The van der Waals surface area contributed by atoms with Crippen molar-refractivity contribution >= 4 is 33.4 Å². The summed E-state index contributed by atoms with van der Waals surface area (Å²) in [4.78, 5) is 30.3. The first-order valence-corrected chi connectivity index (χ1v) is 11.9. The Balaban J connectivity index is 1.38. The molecule has 4 rings (SSSR count). The molecule has 0 radical (unpaired) electrons. The first-order chi connectivity index (χ1) is 16.4. The standard InChI is InChI=1S/C27H26FN3O2S/c1-27(20-7-3-2-4-8-20,18-25-31-22-9-5-6-10-23(22)34-25)26(33)30-16-15-29-24(32)17-19-11-13-21(28)14-12-19/h2-14H,15-18H2,1H3,(H,29,32)(H,30,33). The van der Waals surface area contributed by atoms with Crippen molar-refractivity contribution in [2.75, 3.05) is 13.1 Å². The molecule has 0 saturated heterocycles. The topological polar surface area (TPSA) is 71.1 Å². The molecule has 3 aromatic carbocycles. The van der Waals surface area contributed by atoms with Crippen molar-refractivity contribution < 1.29 is 14.0 Å². The van der Waals surface area contributed by atoms with Crippen LogP contribution < -0.4 is 10.6 Å². The Morgan fingerprint density at radius 3 is 2.32 bits per heavy atom. The van der Waals surface area contributed by atoms with Gasteiger partial charge < -0.3 is 10.6 Å². The molecule has 1 atom stereocenters. The molecule has 0 aliphatic carbocycles. The summed E-state index contributed by atoms with van der Waals surface area (Å²) < 4.78 is 14.1. The summed E-state index contributed by atoms with van der Waals surface area (Å²) in [5.41, 5.74) is 1.76. The molecule has 5 nitrogen and oxygen atoms in total. The van der Waals surface area contributed by atoms with Crippen molar-refractivity contribution in [2.45, 2.75) is 25.2 Å². The number of nitrogens with one attached hydrogen (secondary N) is 2. The summed E-state index contributed by atoms with van der Waals surface area (Å²) in [6, 6.07) is 23.5. The first kappa shape index (κ1) is 23.6. The van der Waals surface area contributed by atoms with Gasteiger partial charge in [-0.3, -0.25) is 9.59 Å². The lowest BCUT2D eigenvalue weighted by molar-refractivity contribution is -0.126. The zero-order chi connectivity index (χ0) is 24.0. The average molecular weight is 476 g/mol. The molecular formula is C27H26FN3O2S. The normalized spacial score (nSPS) is 12.8. The number of halogens is 1. The highest BCUT2D eigenvalue weighted by molar-refractivity contribution is 7.18. The molecule has 34 heavy (non-hydrogen) atoms. The second kappa shape index (κ2) is 10.6. The number of para-hydroxylation sites is 1. The van der Waals surface area contributed by atoms with Crippen LogP contribution in [0.4, 0.5) is 4.39 Å². The molecule has 0 bridgehead atoms. The van der Waals surface area contributed by atoms with E-state index in [0.717, 1.165) is 26.4 Å². The maximum atomic E-state index is 13.4. The largest absolute Gasteiger partial charge is 0.354 e. The molecule has 4 aromatic rings. The zero-order valence-corrected chi connectivity index (χ0v) is 19.7. The highest BCUT2D eigenvalue weighted by atomic mass is 32.1. The van der Waals surface area contributed by atoms with Crippen molar-refractivity contribution in [1.82, 2.24) is 15.6 Å². The molecule has 1 heterocycles. The number of carbonyl (C=O) groups is 2. The summed E-state index contributed by atoms with van der Waals surface area (Å²) in [6.45, 7) is 2.53. The Hall–Kier alpha value is -3.58. The summed E-state index contributed by atoms with van der Waals surface area (Å²) in [7, 11) is 0. The Bertz CT molecular complexity index is 1240. The van der Waals surface area contributed by atoms with Gasteiger partial charge in [0, 0.05) is 19.5 Å². The van der Waals surface area contributed by atoms with Gasteiger partial charge in [0.15, 0.2) is 0 Å². The zero-order valence-electron chi connectivity index (χ0n) is 18.9. The van der Waals surface area contributed by atoms with Crippen LogP contribution in [0.25, 0.3) is 10.2 Å². The molecule has 174 valence electrons. The predicted molar refractivity (Wildman–Crippen MR) is 133 cm³/mol. The summed E-state index contributed by atoms with van der Waals surface area (Å²) in [6.07, 6.45) is 0.632. The fourth-order valence-electron chi connectivity index (χ4n) is 3.84. The number of thiazole rings is 1. The van der Waals surface area contributed by atoms with Gasteiger partial charge in [-0.15, -0.1) is 11.3 Å². The molecule has 1 unspecified atom stereocenters. The number of benzene rings is 3. The van der Waals surface area contributed by atoms with Crippen LogP contribution in [-0.2, 0) is 27.8 Å². The van der Waals surface area contributed by atoms with E-state index in [1.807, 2.05) is 61.5 Å². The lowest BCUT2D eigenvalue weighted by atomic mass is 9.78. The molecule has 0 fully saturated rings. The minimum absolute atomic E-state index is 0.120. The van der Waals surface area contributed by atoms with E-state index < -0.39 is 5.41 Å². The molecule has 7 heteroatoms. The third-order valence-electron chi connectivity index (χ3n) is 5.77. The van der Waals surface area contributed by atoms with Crippen LogP contribution in [0.3, 0.4) is 0 Å². The van der Waals surface area contributed by atoms with Crippen LogP contribution in [0, 0.1) is 5.82 Å². The van der Waals surface area contributed by atoms with Crippen molar-refractivity contribution in [3.8, 4) is 0 Å². The summed E-state index contributed by atoms with van der Waals surface area (Å²) in [5, 5.41) is 6.68. The highest BCUT2D eigenvalue weighted by Crippen LogP contribution is 2.32. The van der Waals surface area contributed by atoms with Crippen LogP contribution in [0.15, 0.2) is 78.9 Å². The third-order valence-corrected chi connectivity index (χ3v) is 6.80. The second-order valence-electron chi connectivity index (χ2n) is 8.36. The lowest BCUT2D eigenvalue weighted by Gasteiger charge is -2.28. The summed E-state index contributed by atoms with van der Waals surface area (Å²) >= 11 is 1.60. The minimum atomic E-state index is -0.812. The number of hydrogen-bond donors (Lipinski definition) is 2. The molecule has 0 aliphatic heterocycles. The quantitative estimate of drug-likeness (QED) is 0.352. The van der Waals surface area contributed by atoms with Gasteiger partial charge in [0.1, 0.15) is 5.82 Å². The van der Waals surface area contributed by atoms with E-state index in [4.69, 9.17) is 4.98 Å². The molecule has 0 saturated carbocycles. The first-order valence-electron chi connectivity index (χ1n) is 11.1. The SMILES string of the molecule is CC(Cc1nc2ccccc2s1)(C(=O)NCCNC(=O)Cc1ccc(F)cc1)c1ccccc1. The molecule has 0 spiro atoms. The number of fused-ring (bicyclic) bond motifs is 1. The van der Waals surface area contributed by atoms with Crippen molar-refractivity contribution in [1.29, 1.82) is 0 Å². The van der Waals surface area contributed by atoms with Gasteiger partial charge in [-0.1, -0.05) is 54.6 Å². The predicted octanol–water partition coefficient (Wildman–Crippen LogP) is 4.41. The Morgan fingerprint density at radius 1 is 0.912 bits per heavy atom. The smallest absolute Gasteiger partial charge is 0.230 e. The Labute approximate surface area is 202 Å². The third kappa shape index (κ3) is 5.66. The van der Waals surface area contributed by atoms with Gasteiger partial charge in [-0.05, 0) is 42.3 Å². The highest BCUT2D eigenvalue weighted by Gasteiger charge is 2.36. The van der Waals surface area contributed by atoms with Crippen LogP contribution >= 0.6 is 11.3 Å². The van der Waals surface area contributed by atoms with Crippen molar-refractivity contribution in [3.63, 3.8) is 0 Å². The van der Waals surface area contributed by atoms with Gasteiger partial charge in [0.05, 0.1) is 27.1 Å². The lowest BCUT2D eigenvalue weighted by Crippen LogP contribution is -2.46. The van der Waals surface area contributed by atoms with Crippen LogP contribution in [0.2, 0.25) is 0 Å². The fraction of sp³-hybridized carbons (Fsp3) is 0.222. The van der Waals surface area contributed by atoms with Gasteiger partial charge in [-0.2, -0.15) is 0 Å². The molecule has 2 N–H and O–H groups in total. The number of amides is 2. The van der Waals surface area contributed by atoms with Crippen molar-refractivity contribution in [3.05, 3.63) is 101 Å². The average Bonchev–Trinajstić information content (AvgIpc) is 3.25. The van der Waals surface area contributed by atoms with Gasteiger partial charge in [-0.25, -0.2) is 9.37 Å². The van der Waals surface area contributed by atoms with Crippen LogP contribution in [-0.4, -0.2) is 29.9 Å². The molecule has 2 amide bonds. The number of rotatable bonds is 9. The van der Waals surface area contributed by atoms with E-state index in [9.17, 15) is 14.0 Å². The number of nitrogens with zero attached hydrogens (tertiary/aromatic N) is 1. The molecular weight excluding hydrogens is 449 g/mol. The van der Waals surface area contributed by atoms with Gasteiger partial charge >= 0.3 is 0 Å². The van der Waals surface area contributed by atoms with E-state index in [1.165, 1.54) is 12.1 Å². The number of hydrogen-bond acceptors (Lipinski definition) is 4. The van der Waals surface area contributed by atoms with Crippen molar-refractivity contribution in [2.24, 2.45) is 0 Å². The van der Waals surface area contributed by atoms with E-state index in [2.05, 4.69) is 10.6 Å². The van der Waals surface area contributed by atoms with Crippen LogP contribution in [0.5, 0.6) is 0 Å². The van der Waals surface area contributed by atoms with E-state index in [1.54, 1.807) is 23.5 Å². The van der Waals surface area contributed by atoms with E-state index in [-0.39, 0.29) is 24.1 Å². The second-order valence-corrected chi connectivity index (χ2v) is 9.47. The summed E-state index contributed by atoms with van der Waals surface area (Å²) in [5.74, 6) is -0.633. The number of carbonyl (C=O) groups excluding carboxylic acids is 2. The molecule has 1 aromatic heterocycles. The van der Waals surface area contributed by atoms with Gasteiger partial charge in [0.25, 0.3) is 0 Å². The van der Waals surface area contributed by atoms with E-state index >= 15 is 0 Å². The van der Waals surface area contributed by atoms with Gasteiger partial charge in [0.2, 0.25) is 11.8 Å². The minimum Gasteiger partial charge on any atom is -0.354 e. The van der Waals surface area contributed by atoms with Crippen LogP contribution in [0.1, 0.15) is 23.1 Å². The maximum Gasteiger partial charge on any atom is 0.230 e. The monoisotopic (exact) mass is 475 g/mol. The van der Waals surface area contributed by atoms with E-state index in [0.29, 0.717) is 19.5 Å².